The van der Waals surface area contributed by atoms with Crippen molar-refractivity contribution in [1.82, 2.24) is 10.2 Å². The van der Waals surface area contributed by atoms with Crippen LogP contribution in [-0.2, 0) is 0 Å². The van der Waals surface area contributed by atoms with Gasteiger partial charge in [0, 0.05) is 23.9 Å². The molecule has 0 aliphatic carbocycles. The zero-order valence-electron chi connectivity index (χ0n) is 10.7. The zero-order chi connectivity index (χ0) is 11.3. The molecule has 1 N–H and O–H groups in total. The monoisotopic (exact) mass is 230 g/mol. The van der Waals surface area contributed by atoms with Gasteiger partial charge in [-0.1, -0.05) is 6.92 Å². The minimum Gasteiger partial charge on any atom is -0.310 e. The van der Waals surface area contributed by atoms with Gasteiger partial charge in [0.15, 0.2) is 0 Å². The quantitative estimate of drug-likeness (QED) is 0.753. The van der Waals surface area contributed by atoms with Gasteiger partial charge < -0.3 is 10.2 Å². The molecular weight excluding hydrogens is 204 g/mol. The Bertz CT molecular complexity index is 178. The average molecular weight is 230 g/mol. The summed E-state index contributed by atoms with van der Waals surface area (Å²) in [6, 6.07) is 0.686. The largest absolute Gasteiger partial charge is 0.310 e. The highest BCUT2D eigenvalue weighted by atomic mass is 32.2. The van der Waals surface area contributed by atoms with Crippen LogP contribution in [0.1, 0.15) is 33.1 Å². The predicted octanol–water partition coefficient (Wildman–Crippen LogP) is 2.20. The fraction of sp³-hybridized carbons (Fsp3) is 1.00. The molecule has 2 atom stereocenters. The van der Waals surface area contributed by atoms with Crippen molar-refractivity contribution in [2.45, 2.75) is 44.7 Å². The van der Waals surface area contributed by atoms with Crippen LogP contribution < -0.4 is 5.32 Å². The van der Waals surface area contributed by atoms with Crippen molar-refractivity contribution < 1.29 is 0 Å². The van der Waals surface area contributed by atoms with E-state index in [1.807, 2.05) is 11.8 Å². The summed E-state index contributed by atoms with van der Waals surface area (Å²) >= 11 is 1.94. The molecule has 1 aliphatic heterocycles. The van der Waals surface area contributed by atoms with Crippen LogP contribution in [0.15, 0.2) is 0 Å². The van der Waals surface area contributed by atoms with E-state index in [4.69, 9.17) is 0 Å². The highest BCUT2D eigenvalue weighted by molar-refractivity contribution is 7.98. The van der Waals surface area contributed by atoms with Gasteiger partial charge in [-0.3, -0.25) is 0 Å². The number of rotatable bonds is 6. The molecule has 0 bridgehead atoms. The van der Waals surface area contributed by atoms with Crippen molar-refractivity contribution in [3.05, 3.63) is 0 Å². The molecule has 0 radical (unpaired) electrons. The summed E-state index contributed by atoms with van der Waals surface area (Å²) in [5.41, 5.74) is 0.404. The van der Waals surface area contributed by atoms with Gasteiger partial charge in [0.2, 0.25) is 0 Å². The van der Waals surface area contributed by atoms with Gasteiger partial charge in [-0.15, -0.1) is 0 Å². The van der Waals surface area contributed by atoms with Crippen LogP contribution in [0.2, 0.25) is 0 Å². The summed E-state index contributed by atoms with van der Waals surface area (Å²) in [7, 11) is 2.26. The Morgan fingerprint density at radius 2 is 2.27 bits per heavy atom. The molecule has 1 fully saturated rings. The van der Waals surface area contributed by atoms with Gasteiger partial charge >= 0.3 is 0 Å². The third kappa shape index (κ3) is 3.65. The third-order valence-electron chi connectivity index (χ3n) is 3.72. The molecule has 1 saturated heterocycles. The molecule has 15 heavy (non-hydrogen) atoms. The van der Waals surface area contributed by atoms with E-state index in [9.17, 15) is 0 Å². The van der Waals surface area contributed by atoms with E-state index in [1.54, 1.807) is 0 Å². The maximum Gasteiger partial charge on any atom is 0.0306 e. The van der Waals surface area contributed by atoms with Gasteiger partial charge in [-0.25, -0.2) is 0 Å². The average Bonchev–Trinajstić information content (AvgIpc) is 2.67. The standard InChI is InChI=1S/C12H26N2S/c1-5-12(7-6-8-13-12)10-14(3)11(2)9-15-4/h11,13H,5-10H2,1-4H3. The normalized spacial score (nSPS) is 28.6. The van der Waals surface area contributed by atoms with Crippen molar-refractivity contribution in [3.8, 4) is 0 Å². The van der Waals surface area contributed by atoms with Gasteiger partial charge in [0.25, 0.3) is 0 Å². The van der Waals surface area contributed by atoms with Gasteiger partial charge in [0.05, 0.1) is 0 Å². The van der Waals surface area contributed by atoms with Crippen LogP contribution >= 0.6 is 11.8 Å². The molecule has 2 nitrogen and oxygen atoms in total. The Morgan fingerprint density at radius 1 is 1.53 bits per heavy atom. The van der Waals surface area contributed by atoms with E-state index in [2.05, 4.69) is 37.4 Å². The van der Waals surface area contributed by atoms with E-state index in [1.165, 1.54) is 38.1 Å². The van der Waals surface area contributed by atoms with Gasteiger partial charge in [-0.2, -0.15) is 11.8 Å². The number of likely N-dealkylation sites (N-methyl/N-ethyl adjacent to an activating group) is 1. The van der Waals surface area contributed by atoms with Crippen LogP contribution in [0.5, 0.6) is 0 Å². The molecule has 3 heteroatoms. The Labute approximate surface area is 99.2 Å². The van der Waals surface area contributed by atoms with E-state index >= 15 is 0 Å². The molecule has 0 aromatic carbocycles. The first-order chi connectivity index (χ1) is 7.13. The number of nitrogens with zero attached hydrogens (tertiary/aromatic N) is 1. The lowest BCUT2D eigenvalue weighted by molar-refractivity contribution is 0.189. The summed E-state index contributed by atoms with van der Waals surface area (Å²) in [5, 5.41) is 3.70. The van der Waals surface area contributed by atoms with E-state index < -0.39 is 0 Å². The van der Waals surface area contributed by atoms with Crippen molar-refractivity contribution in [3.63, 3.8) is 0 Å². The lowest BCUT2D eigenvalue weighted by atomic mass is 9.93. The molecule has 0 amide bonds. The Hall–Kier alpha value is 0.270. The predicted molar refractivity (Wildman–Crippen MR) is 70.7 cm³/mol. The third-order valence-corrected chi connectivity index (χ3v) is 4.54. The van der Waals surface area contributed by atoms with Crippen LogP contribution in [0.3, 0.4) is 0 Å². The highest BCUT2D eigenvalue weighted by Crippen LogP contribution is 2.24. The minimum atomic E-state index is 0.404. The van der Waals surface area contributed by atoms with Crippen molar-refractivity contribution in [2.24, 2.45) is 0 Å². The summed E-state index contributed by atoms with van der Waals surface area (Å²) < 4.78 is 0. The summed E-state index contributed by atoms with van der Waals surface area (Å²) in [6.07, 6.45) is 6.13. The molecule has 1 rings (SSSR count). The Balaban J connectivity index is 2.43. The molecule has 0 saturated carbocycles. The molecule has 0 aromatic heterocycles. The van der Waals surface area contributed by atoms with Gasteiger partial charge in [-0.05, 0) is 46.0 Å². The molecular formula is C12H26N2S. The highest BCUT2D eigenvalue weighted by Gasteiger charge is 2.33. The van der Waals surface area contributed by atoms with Crippen molar-refractivity contribution >= 4 is 11.8 Å². The lowest BCUT2D eigenvalue weighted by Gasteiger charge is -2.36. The zero-order valence-corrected chi connectivity index (χ0v) is 11.5. The van der Waals surface area contributed by atoms with Crippen molar-refractivity contribution in [1.29, 1.82) is 0 Å². The number of thioether (sulfide) groups is 1. The van der Waals surface area contributed by atoms with Crippen LogP contribution in [0.4, 0.5) is 0 Å². The first kappa shape index (κ1) is 13.3. The Morgan fingerprint density at radius 3 is 2.73 bits per heavy atom. The summed E-state index contributed by atoms with van der Waals surface area (Å²) in [6.45, 7) is 7.05. The number of nitrogens with one attached hydrogen (secondary N) is 1. The first-order valence-electron chi connectivity index (χ1n) is 6.08. The number of hydrogen-bond acceptors (Lipinski definition) is 3. The molecule has 90 valence electrons. The molecule has 0 spiro atoms. The lowest BCUT2D eigenvalue weighted by Crippen LogP contribution is -2.50. The van der Waals surface area contributed by atoms with Crippen LogP contribution in [0, 0.1) is 0 Å². The molecule has 0 aromatic rings. The topological polar surface area (TPSA) is 15.3 Å². The molecule has 1 aliphatic rings. The van der Waals surface area contributed by atoms with Crippen LogP contribution in [-0.4, -0.2) is 48.6 Å². The SMILES string of the molecule is CCC1(CN(C)C(C)CSC)CCCN1. The fourth-order valence-electron chi connectivity index (χ4n) is 2.42. The fourth-order valence-corrected chi connectivity index (χ4v) is 3.16. The second-order valence-electron chi connectivity index (χ2n) is 4.88. The van der Waals surface area contributed by atoms with Crippen molar-refractivity contribution in [2.75, 3.05) is 32.1 Å². The molecule has 2 unspecified atom stereocenters. The minimum absolute atomic E-state index is 0.404. The van der Waals surface area contributed by atoms with Gasteiger partial charge in [0.1, 0.15) is 0 Å². The van der Waals surface area contributed by atoms with E-state index in [0.717, 1.165) is 0 Å². The van der Waals surface area contributed by atoms with Crippen LogP contribution in [0.25, 0.3) is 0 Å². The molecule has 1 heterocycles. The first-order valence-corrected chi connectivity index (χ1v) is 7.47. The Kier molecular flexibility index (Phi) is 5.44. The van der Waals surface area contributed by atoms with E-state index in [0.29, 0.717) is 11.6 Å². The van der Waals surface area contributed by atoms with E-state index in [-0.39, 0.29) is 0 Å². The number of hydrogen-bond donors (Lipinski definition) is 1. The smallest absolute Gasteiger partial charge is 0.0306 e. The maximum absolute atomic E-state index is 3.70. The maximum atomic E-state index is 3.70. The second-order valence-corrected chi connectivity index (χ2v) is 5.79. The second kappa shape index (κ2) is 6.12. The summed E-state index contributed by atoms with van der Waals surface area (Å²) in [4.78, 5) is 2.51. The summed E-state index contributed by atoms with van der Waals surface area (Å²) in [5.74, 6) is 1.23.